The molecular weight excluding hydrogens is 481 g/mol. The van der Waals surface area contributed by atoms with Gasteiger partial charge >= 0.3 is 0 Å². The van der Waals surface area contributed by atoms with E-state index in [-0.39, 0.29) is 24.0 Å². The Bertz CT molecular complexity index is 746. The molecule has 7 nitrogen and oxygen atoms in total. The van der Waals surface area contributed by atoms with Gasteiger partial charge in [0.05, 0.1) is 13.2 Å². The Morgan fingerprint density at radius 2 is 2.07 bits per heavy atom. The lowest BCUT2D eigenvalue weighted by molar-refractivity contribution is 0.200. The number of halogens is 1. The van der Waals surface area contributed by atoms with E-state index in [9.17, 15) is 0 Å². The third-order valence-electron chi connectivity index (χ3n) is 4.92. The summed E-state index contributed by atoms with van der Waals surface area (Å²) in [5.74, 6) is 2.40. The number of nitrogens with zero attached hydrogens (tertiary/aromatic N) is 3. The van der Waals surface area contributed by atoms with Crippen LogP contribution in [-0.2, 0) is 13.1 Å². The zero-order valence-electron chi connectivity index (χ0n) is 17.3. The van der Waals surface area contributed by atoms with Crippen molar-refractivity contribution in [2.45, 2.75) is 51.3 Å². The lowest BCUT2D eigenvalue weighted by Crippen LogP contribution is -2.37. The summed E-state index contributed by atoms with van der Waals surface area (Å²) in [5.41, 5.74) is 1.13. The topological polar surface area (TPSA) is 72.7 Å². The molecule has 1 heterocycles. The highest BCUT2D eigenvalue weighted by Crippen LogP contribution is 2.32. The Balaban J connectivity index is 0.00000300. The van der Waals surface area contributed by atoms with Gasteiger partial charge in [-0.1, -0.05) is 6.07 Å². The van der Waals surface area contributed by atoms with E-state index in [1.807, 2.05) is 23.0 Å². The molecule has 0 unspecified atom stereocenters. The van der Waals surface area contributed by atoms with Crippen molar-refractivity contribution < 1.29 is 9.47 Å². The van der Waals surface area contributed by atoms with E-state index in [0.29, 0.717) is 12.6 Å². The van der Waals surface area contributed by atoms with Crippen LogP contribution < -0.4 is 20.1 Å². The van der Waals surface area contributed by atoms with Crippen molar-refractivity contribution in [3.63, 3.8) is 0 Å². The molecule has 0 spiro atoms. The van der Waals surface area contributed by atoms with Gasteiger partial charge < -0.3 is 20.1 Å². The molecule has 0 aliphatic heterocycles. The predicted octanol–water partition coefficient (Wildman–Crippen LogP) is 3.59. The van der Waals surface area contributed by atoms with E-state index in [1.54, 1.807) is 20.4 Å². The normalized spacial score (nSPS) is 14.3. The average Bonchev–Trinajstić information content (AvgIpc) is 3.42. The summed E-state index contributed by atoms with van der Waals surface area (Å²) in [5, 5.41) is 10.9. The summed E-state index contributed by atoms with van der Waals surface area (Å²) in [7, 11) is 3.47. The van der Waals surface area contributed by atoms with Crippen LogP contribution in [0.15, 0.2) is 41.7 Å². The Labute approximate surface area is 190 Å². The van der Waals surface area contributed by atoms with Crippen molar-refractivity contribution in [3.05, 3.63) is 42.2 Å². The van der Waals surface area contributed by atoms with Crippen molar-refractivity contribution in [1.82, 2.24) is 20.4 Å². The number of methoxy groups -OCH3 is 1. The summed E-state index contributed by atoms with van der Waals surface area (Å²) in [6.45, 7) is 2.39. The van der Waals surface area contributed by atoms with E-state index in [0.717, 1.165) is 55.4 Å². The maximum atomic E-state index is 6.18. The highest BCUT2D eigenvalue weighted by Gasteiger charge is 2.18. The molecule has 160 valence electrons. The lowest BCUT2D eigenvalue weighted by Gasteiger charge is -2.17. The first-order valence-corrected chi connectivity index (χ1v) is 10.0. The molecule has 0 radical (unpaired) electrons. The van der Waals surface area contributed by atoms with Gasteiger partial charge in [0.2, 0.25) is 0 Å². The summed E-state index contributed by atoms with van der Waals surface area (Å²) in [6, 6.07) is 8.03. The van der Waals surface area contributed by atoms with Crippen molar-refractivity contribution >= 4 is 29.9 Å². The first-order chi connectivity index (χ1) is 13.8. The molecule has 2 aromatic rings. The number of aromatic nitrogens is 2. The highest BCUT2D eigenvalue weighted by atomic mass is 127. The summed E-state index contributed by atoms with van der Waals surface area (Å²) in [4.78, 5) is 4.29. The van der Waals surface area contributed by atoms with Gasteiger partial charge in [-0.15, -0.1) is 24.0 Å². The van der Waals surface area contributed by atoms with Crippen LogP contribution in [0.2, 0.25) is 0 Å². The molecule has 1 aromatic carbocycles. The van der Waals surface area contributed by atoms with E-state index < -0.39 is 0 Å². The van der Waals surface area contributed by atoms with E-state index in [2.05, 4.69) is 32.9 Å². The van der Waals surface area contributed by atoms with Crippen LogP contribution in [-0.4, -0.2) is 42.5 Å². The molecule has 3 rings (SSSR count). The van der Waals surface area contributed by atoms with E-state index >= 15 is 0 Å². The molecule has 1 aromatic heterocycles. The van der Waals surface area contributed by atoms with Crippen LogP contribution in [0.25, 0.3) is 0 Å². The van der Waals surface area contributed by atoms with Gasteiger partial charge in [0.25, 0.3) is 0 Å². The predicted molar refractivity (Wildman–Crippen MR) is 126 cm³/mol. The van der Waals surface area contributed by atoms with Gasteiger partial charge in [0.1, 0.15) is 0 Å². The number of benzene rings is 1. The number of nitrogens with one attached hydrogen (secondary N) is 2. The molecule has 0 bridgehead atoms. The maximum Gasteiger partial charge on any atom is 0.191 e. The molecule has 29 heavy (non-hydrogen) atoms. The van der Waals surface area contributed by atoms with Gasteiger partial charge in [-0.25, -0.2) is 0 Å². The summed E-state index contributed by atoms with van der Waals surface area (Å²) < 4.78 is 13.6. The minimum Gasteiger partial charge on any atom is -0.493 e. The number of guanidine groups is 1. The average molecular weight is 513 g/mol. The SMILES string of the molecule is CN=C(NCCCn1cccn1)NCc1ccc(OC)c(OC2CCCC2)c1.I. The molecule has 1 saturated carbocycles. The Morgan fingerprint density at radius 1 is 1.24 bits per heavy atom. The second-order valence-corrected chi connectivity index (χ2v) is 6.98. The number of ether oxygens (including phenoxy) is 2. The largest absolute Gasteiger partial charge is 0.493 e. The fraction of sp³-hybridized carbons (Fsp3) is 0.524. The molecule has 8 heteroatoms. The standard InChI is InChI=1S/C21H31N5O2.HI/c1-22-21(23-11-5-13-26-14-6-12-25-26)24-16-17-9-10-19(27-2)20(15-17)28-18-7-3-4-8-18;/h6,9-10,12,14-15,18H,3-5,7-8,11,13,16H2,1-2H3,(H2,22,23,24);1H. The quantitative estimate of drug-likeness (QED) is 0.232. The van der Waals surface area contributed by atoms with Gasteiger partial charge in [-0.2, -0.15) is 5.10 Å². The van der Waals surface area contributed by atoms with Crippen molar-refractivity contribution in [3.8, 4) is 11.5 Å². The van der Waals surface area contributed by atoms with Crippen LogP contribution in [0.4, 0.5) is 0 Å². The third kappa shape index (κ3) is 7.41. The first kappa shape index (κ1) is 23.3. The molecule has 1 aliphatic rings. The number of hydrogen-bond donors (Lipinski definition) is 2. The minimum atomic E-state index is 0. The van der Waals surface area contributed by atoms with Crippen molar-refractivity contribution in [2.24, 2.45) is 4.99 Å². The zero-order chi connectivity index (χ0) is 19.6. The molecule has 0 atom stereocenters. The van der Waals surface area contributed by atoms with Gasteiger partial charge in [0, 0.05) is 39.1 Å². The monoisotopic (exact) mass is 513 g/mol. The minimum absolute atomic E-state index is 0. The van der Waals surface area contributed by atoms with Gasteiger partial charge in [0.15, 0.2) is 17.5 Å². The van der Waals surface area contributed by atoms with Crippen LogP contribution in [0.5, 0.6) is 11.5 Å². The Morgan fingerprint density at radius 3 is 2.76 bits per heavy atom. The Kier molecular flexibility index (Phi) is 10.1. The molecule has 1 aliphatic carbocycles. The molecular formula is C21H32IN5O2. The van der Waals surface area contributed by atoms with Crippen LogP contribution >= 0.6 is 24.0 Å². The smallest absolute Gasteiger partial charge is 0.191 e. The third-order valence-corrected chi connectivity index (χ3v) is 4.92. The van der Waals surface area contributed by atoms with Crippen LogP contribution in [0.1, 0.15) is 37.7 Å². The van der Waals surface area contributed by atoms with Crippen LogP contribution in [0, 0.1) is 0 Å². The van der Waals surface area contributed by atoms with Crippen molar-refractivity contribution in [2.75, 3.05) is 20.7 Å². The summed E-state index contributed by atoms with van der Waals surface area (Å²) >= 11 is 0. The number of hydrogen-bond acceptors (Lipinski definition) is 4. The van der Waals surface area contributed by atoms with Crippen molar-refractivity contribution in [1.29, 1.82) is 0 Å². The summed E-state index contributed by atoms with van der Waals surface area (Å²) in [6.07, 6.45) is 9.80. The second kappa shape index (κ2) is 12.6. The second-order valence-electron chi connectivity index (χ2n) is 6.98. The number of rotatable bonds is 9. The fourth-order valence-electron chi connectivity index (χ4n) is 3.40. The zero-order valence-corrected chi connectivity index (χ0v) is 19.6. The van der Waals surface area contributed by atoms with E-state index in [4.69, 9.17) is 9.47 Å². The maximum absolute atomic E-state index is 6.18. The van der Waals surface area contributed by atoms with Crippen LogP contribution in [0.3, 0.4) is 0 Å². The van der Waals surface area contributed by atoms with Gasteiger partial charge in [-0.3, -0.25) is 9.67 Å². The van der Waals surface area contributed by atoms with E-state index in [1.165, 1.54) is 12.8 Å². The molecule has 0 amide bonds. The highest BCUT2D eigenvalue weighted by molar-refractivity contribution is 14.0. The lowest BCUT2D eigenvalue weighted by atomic mass is 10.2. The molecule has 2 N–H and O–H groups in total. The first-order valence-electron chi connectivity index (χ1n) is 10.0. The number of aliphatic imine (C=N–C) groups is 1. The van der Waals surface area contributed by atoms with Gasteiger partial charge in [-0.05, 0) is 55.9 Å². The number of aryl methyl sites for hydroxylation is 1. The molecule has 1 fully saturated rings. The molecule has 0 saturated heterocycles. The fourth-order valence-corrected chi connectivity index (χ4v) is 3.40. The Hall–Kier alpha value is -1.97.